The van der Waals surface area contributed by atoms with Gasteiger partial charge in [0.05, 0.1) is 0 Å². The molecule has 1 heterocycles. The Kier molecular flexibility index (Phi) is 4.27. The van der Waals surface area contributed by atoms with Crippen LogP contribution >= 0.6 is 27.5 Å². The molecule has 1 aliphatic carbocycles. The minimum Gasteiger partial charge on any atom is -0.330 e. The standard InChI is InChI=1S/C16H14BrClN2O/c17-14-2-1-9-19-15(14)16(21)20(13-7-8-13)10-11-3-5-12(18)6-4-11/h1-6,9,13H,7-8,10H2. The van der Waals surface area contributed by atoms with Crippen LogP contribution < -0.4 is 0 Å². The Morgan fingerprint density at radius 1 is 1.29 bits per heavy atom. The van der Waals surface area contributed by atoms with Crippen molar-refractivity contribution < 1.29 is 4.79 Å². The van der Waals surface area contributed by atoms with E-state index in [2.05, 4.69) is 20.9 Å². The summed E-state index contributed by atoms with van der Waals surface area (Å²) in [5.74, 6) is -0.0278. The summed E-state index contributed by atoms with van der Waals surface area (Å²) in [4.78, 5) is 18.8. The lowest BCUT2D eigenvalue weighted by molar-refractivity contribution is 0.0723. The molecule has 0 N–H and O–H groups in total. The Bertz CT molecular complexity index is 656. The average Bonchev–Trinajstić information content (AvgIpc) is 3.31. The number of hydrogen-bond donors (Lipinski definition) is 0. The van der Waals surface area contributed by atoms with E-state index >= 15 is 0 Å². The molecule has 1 amide bonds. The van der Waals surface area contributed by atoms with Crippen molar-refractivity contribution in [3.05, 3.63) is 63.3 Å². The molecule has 21 heavy (non-hydrogen) atoms. The summed E-state index contributed by atoms with van der Waals surface area (Å²) in [6.07, 6.45) is 3.76. The van der Waals surface area contributed by atoms with Gasteiger partial charge in [-0.3, -0.25) is 4.79 Å². The van der Waals surface area contributed by atoms with Crippen LogP contribution in [0.3, 0.4) is 0 Å². The monoisotopic (exact) mass is 364 g/mol. The number of rotatable bonds is 4. The summed E-state index contributed by atoms with van der Waals surface area (Å²) in [7, 11) is 0. The molecular weight excluding hydrogens is 352 g/mol. The number of pyridine rings is 1. The Hall–Kier alpha value is -1.39. The van der Waals surface area contributed by atoms with Crippen LogP contribution in [0.15, 0.2) is 47.1 Å². The summed E-state index contributed by atoms with van der Waals surface area (Å²) in [5, 5.41) is 0.704. The topological polar surface area (TPSA) is 33.2 Å². The van der Waals surface area contributed by atoms with E-state index in [-0.39, 0.29) is 5.91 Å². The number of aromatic nitrogens is 1. The summed E-state index contributed by atoms with van der Waals surface area (Å²) < 4.78 is 0.733. The number of amides is 1. The maximum absolute atomic E-state index is 12.7. The van der Waals surface area contributed by atoms with Gasteiger partial charge in [-0.25, -0.2) is 4.98 Å². The van der Waals surface area contributed by atoms with Crippen molar-refractivity contribution in [2.24, 2.45) is 0 Å². The number of carbonyl (C=O) groups is 1. The van der Waals surface area contributed by atoms with Gasteiger partial charge < -0.3 is 4.90 Å². The highest BCUT2D eigenvalue weighted by Crippen LogP contribution is 2.30. The predicted molar refractivity (Wildman–Crippen MR) is 86.3 cm³/mol. The maximum atomic E-state index is 12.7. The molecule has 108 valence electrons. The molecule has 1 fully saturated rings. The van der Waals surface area contributed by atoms with Gasteiger partial charge in [-0.05, 0) is 58.6 Å². The van der Waals surface area contributed by atoms with E-state index in [0.29, 0.717) is 23.3 Å². The summed E-state index contributed by atoms with van der Waals surface area (Å²) >= 11 is 9.31. The van der Waals surface area contributed by atoms with Crippen LogP contribution in [0.5, 0.6) is 0 Å². The molecule has 0 saturated heterocycles. The first kappa shape index (κ1) is 14.5. The molecule has 0 unspecified atom stereocenters. The van der Waals surface area contributed by atoms with Crippen molar-refractivity contribution in [2.75, 3.05) is 0 Å². The molecule has 1 saturated carbocycles. The van der Waals surface area contributed by atoms with Gasteiger partial charge in [0.15, 0.2) is 0 Å². The van der Waals surface area contributed by atoms with E-state index in [1.165, 1.54) is 0 Å². The highest BCUT2D eigenvalue weighted by atomic mass is 79.9. The second-order valence-corrected chi connectivity index (χ2v) is 6.42. The van der Waals surface area contributed by atoms with Crippen LogP contribution in [0, 0.1) is 0 Å². The van der Waals surface area contributed by atoms with Crippen LogP contribution in [-0.2, 0) is 6.54 Å². The van der Waals surface area contributed by atoms with Gasteiger partial charge in [0, 0.05) is 28.3 Å². The Balaban J connectivity index is 1.83. The zero-order valence-corrected chi connectivity index (χ0v) is 13.6. The molecule has 1 aromatic heterocycles. The van der Waals surface area contributed by atoms with Crippen LogP contribution in [0.25, 0.3) is 0 Å². The Labute approximate surface area is 137 Å². The van der Waals surface area contributed by atoms with Gasteiger partial charge in [0.1, 0.15) is 5.69 Å². The Morgan fingerprint density at radius 2 is 2.00 bits per heavy atom. The summed E-state index contributed by atoms with van der Waals surface area (Å²) in [6, 6.07) is 11.6. The maximum Gasteiger partial charge on any atom is 0.274 e. The number of benzene rings is 1. The van der Waals surface area contributed by atoms with Crippen molar-refractivity contribution in [3.63, 3.8) is 0 Å². The molecule has 2 aromatic rings. The van der Waals surface area contributed by atoms with Gasteiger partial charge in [0.2, 0.25) is 0 Å². The first-order chi connectivity index (χ1) is 10.1. The van der Waals surface area contributed by atoms with Crippen LogP contribution in [-0.4, -0.2) is 21.8 Å². The van der Waals surface area contributed by atoms with Crippen molar-refractivity contribution in [1.82, 2.24) is 9.88 Å². The van der Waals surface area contributed by atoms with Gasteiger partial charge in [-0.15, -0.1) is 0 Å². The van der Waals surface area contributed by atoms with Crippen molar-refractivity contribution in [2.45, 2.75) is 25.4 Å². The minimum atomic E-state index is -0.0278. The van der Waals surface area contributed by atoms with Crippen molar-refractivity contribution in [1.29, 1.82) is 0 Å². The van der Waals surface area contributed by atoms with E-state index in [9.17, 15) is 4.79 Å². The van der Waals surface area contributed by atoms with Gasteiger partial charge >= 0.3 is 0 Å². The number of halogens is 2. The molecule has 1 aliphatic rings. The number of nitrogens with zero attached hydrogens (tertiary/aromatic N) is 2. The normalized spacial score (nSPS) is 14.0. The molecule has 0 aliphatic heterocycles. The molecule has 3 nitrogen and oxygen atoms in total. The van der Waals surface area contributed by atoms with Crippen LogP contribution in [0.1, 0.15) is 28.9 Å². The van der Waals surface area contributed by atoms with E-state index in [4.69, 9.17) is 11.6 Å². The third-order valence-corrected chi connectivity index (χ3v) is 4.37. The van der Waals surface area contributed by atoms with Gasteiger partial charge in [-0.1, -0.05) is 23.7 Å². The smallest absolute Gasteiger partial charge is 0.274 e. The largest absolute Gasteiger partial charge is 0.330 e. The molecule has 1 aromatic carbocycles. The molecule has 0 spiro atoms. The molecule has 0 atom stereocenters. The zero-order chi connectivity index (χ0) is 14.8. The average molecular weight is 366 g/mol. The fraction of sp³-hybridized carbons (Fsp3) is 0.250. The van der Waals surface area contributed by atoms with Crippen LogP contribution in [0.2, 0.25) is 5.02 Å². The first-order valence-electron chi connectivity index (χ1n) is 6.81. The molecular formula is C16H14BrClN2O. The Morgan fingerprint density at radius 3 is 2.62 bits per heavy atom. The van der Waals surface area contributed by atoms with E-state index in [1.54, 1.807) is 6.20 Å². The van der Waals surface area contributed by atoms with E-state index in [1.807, 2.05) is 41.3 Å². The lowest BCUT2D eigenvalue weighted by Gasteiger charge is -2.22. The highest BCUT2D eigenvalue weighted by Gasteiger charge is 2.34. The number of hydrogen-bond acceptors (Lipinski definition) is 2. The second kappa shape index (κ2) is 6.16. The lowest BCUT2D eigenvalue weighted by atomic mass is 10.2. The molecule has 3 rings (SSSR count). The van der Waals surface area contributed by atoms with Crippen molar-refractivity contribution >= 4 is 33.4 Å². The first-order valence-corrected chi connectivity index (χ1v) is 7.98. The summed E-state index contributed by atoms with van der Waals surface area (Å²) in [6.45, 7) is 0.587. The molecule has 0 radical (unpaired) electrons. The van der Waals surface area contributed by atoms with E-state index < -0.39 is 0 Å². The van der Waals surface area contributed by atoms with Crippen molar-refractivity contribution in [3.8, 4) is 0 Å². The molecule has 0 bridgehead atoms. The summed E-state index contributed by atoms with van der Waals surface area (Å²) in [5.41, 5.74) is 1.55. The second-order valence-electron chi connectivity index (χ2n) is 5.12. The minimum absolute atomic E-state index is 0.0278. The fourth-order valence-corrected chi connectivity index (χ4v) is 2.77. The third kappa shape index (κ3) is 3.44. The SMILES string of the molecule is O=C(c1ncccc1Br)N(Cc1ccc(Cl)cc1)C1CC1. The van der Waals surface area contributed by atoms with Gasteiger partial charge in [-0.2, -0.15) is 0 Å². The van der Waals surface area contributed by atoms with E-state index in [0.717, 1.165) is 22.9 Å². The number of carbonyl (C=O) groups excluding carboxylic acids is 1. The fourth-order valence-electron chi connectivity index (χ4n) is 2.22. The quantitative estimate of drug-likeness (QED) is 0.809. The third-order valence-electron chi connectivity index (χ3n) is 3.48. The lowest BCUT2D eigenvalue weighted by Crippen LogP contribution is -2.33. The molecule has 5 heteroatoms. The predicted octanol–water partition coefficient (Wildman–Crippen LogP) is 4.30. The van der Waals surface area contributed by atoms with Crippen LogP contribution in [0.4, 0.5) is 0 Å². The van der Waals surface area contributed by atoms with Gasteiger partial charge in [0.25, 0.3) is 5.91 Å². The highest BCUT2D eigenvalue weighted by molar-refractivity contribution is 9.10. The zero-order valence-electron chi connectivity index (χ0n) is 11.3.